The standard InChI is InChI=1S/C18H20N4O5/c1-12-6-4-5-7-13(12)26-8-9-27-14(23)10-22-11-19-16-15(22)17(24)21(3)18(25)20(16)2/h4-7,11H,8-10H2,1-3H3. The van der Waals surface area contributed by atoms with Gasteiger partial charge in [0, 0.05) is 14.1 Å². The number of aryl methyl sites for hydroxylation is 2. The van der Waals surface area contributed by atoms with E-state index in [0.29, 0.717) is 0 Å². The van der Waals surface area contributed by atoms with Gasteiger partial charge in [-0.3, -0.25) is 18.7 Å². The zero-order valence-electron chi connectivity index (χ0n) is 15.3. The Balaban J connectivity index is 1.64. The van der Waals surface area contributed by atoms with Crippen molar-refractivity contribution in [1.82, 2.24) is 18.7 Å². The molecule has 0 spiro atoms. The molecule has 0 atom stereocenters. The summed E-state index contributed by atoms with van der Waals surface area (Å²) in [4.78, 5) is 40.4. The average Bonchev–Trinajstić information content (AvgIpc) is 3.06. The zero-order valence-corrected chi connectivity index (χ0v) is 15.3. The molecule has 1 aromatic carbocycles. The van der Waals surface area contributed by atoms with Crippen LogP contribution in [0.3, 0.4) is 0 Å². The summed E-state index contributed by atoms with van der Waals surface area (Å²) in [6.07, 6.45) is 1.34. The van der Waals surface area contributed by atoms with Crippen molar-refractivity contribution >= 4 is 17.1 Å². The molecule has 0 amide bonds. The van der Waals surface area contributed by atoms with Gasteiger partial charge in [-0.05, 0) is 18.6 Å². The Morgan fingerprint density at radius 1 is 1.11 bits per heavy atom. The first-order valence-corrected chi connectivity index (χ1v) is 8.35. The Labute approximate surface area is 154 Å². The number of nitrogens with zero attached hydrogens (tertiary/aromatic N) is 4. The van der Waals surface area contributed by atoms with Crippen LogP contribution >= 0.6 is 0 Å². The summed E-state index contributed by atoms with van der Waals surface area (Å²) in [5, 5.41) is 0. The molecule has 3 aromatic rings. The number of aromatic nitrogens is 4. The molecular formula is C18H20N4O5. The Morgan fingerprint density at radius 3 is 2.59 bits per heavy atom. The van der Waals surface area contributed by atoms with Crippen LogP contribution < -0.4 is 16.0 Å². The van der Waals surface area contributed by atoms with Crippen molar-refractivity contribution in [1.29, 1.82) is 0 Å². The summed E-state index contributed by atoms with van der Waals surface area (Å²) in [5.74, 6) is 0.206. The quantitative estimate of drug-likeness (QED) is 0.458. The van der Waals surface area contributed by atoms with Crippen LogP contribution in [0.15, 0.2) is 40.2 Å². The lowest BCUT2D eigenvalue weighted by atomic mass is 10.2. The molecule has 0 radical (unpaired) electrons. The lowest BCUT2D eigenvalue weighted by molar-refractivity contribution is -0.145. The largest absolute Gasteiger partial charge is 0.490 e. The van der Waals surface area contributed by atoms with E-state index < -0.39 is 17.2 Å². The topological polar surface area (TPSA) is 97.3 Å². The fraction of sp³-hybridized carbons (Fsp3) is 0.333. The molecule has 9 heteroatoms. The molecule has 142 valence electrons. The van der Waals surface area contributed by atoms with Gasteiger partial charge < -0.3 is 14.0 Å². The molecule has 2 heterocycles. The van der Waals surface area contributed by atoms with Crippen LogP contribution in [0, 0.1) is 6.92 Å². The zero-order chi connectivity index (χ0) is 19.6. The van der Waals surface area contributed by atoms with E-state index in [4.69, 9.17) is 9.47 Å². The first-order valence-electron chi connectivity index (χ1n) is 8.35. The van der Waals surface area contributed by atoms with Gasteiger partial charge in [-0.1, -0.05) is 18.2 Å². The minimum atomic E-state index is -0.529. The SMILES string of the molecule is Cc1ccccc1OCCOC(=O)Cn1cnc2c1c(=O)n(C)c(=O)n2C. The Bertz CT molecular complexity index is 1110. The van der Waals surface area contributed by atoms with Crippen molar-refractivity contribution < 1.29 is 14.3 Å². The van der Waals surface area contributed by atoms with Crippen molar-refractivity contribution in [3.8, 4) is 5.75 Å². The number of fused-ring (bicyclic) bond motifs is 1. The van der Waals surface area contributed by atoms with Crippen LogP contribution in [0.5, 0.6) is 5.75 Å². The fourth-order valence-electron chi connectivity index (χ4n) is 2.73. The van der Waals surface area contributed by atoms with Gasteiger partial charge in [0.05, 0.1) is 6.33 Å². The number of hydrogen-bond acceptors (Lipinski definition) is 6. The molecule has 0 saturated heterocycles. The maximum atomic E-state index is 12.3. The van der Waals surface area contributed by atoms with Gasteiger partial charge in [-0.2, -0.15) is 0 Å². The molecule has 3 rings (SSSR count). The first-order chi connectivity index (χ1) is 12.9. The Kier molecular flexibility index (Phi) is 5.11. The summed E-state index contributed by atoms with van der Waals surface area (Å²) >= 11 is 0. The smallest absolute Gasteiger partial charge is 0.332 e. The summed E-state index contributed by atoms with van der Waals surface area (Å²) in [5.41, 5.74) is 0.400. The van der Waals surface area contributed by atoms with Crippen molar-refractivity contribution in [3.05, 3.63) is 57.0 Å². The Hall–Kier alpha value is -3.36. The third-order valence-corrected chi connectivity index (χ3v) is 4.21. The van der Waals surface area contributed by atoms with Crippen molar-refractivity contribution in [2.45, 2.75) is 13.5 Å². The van der Waals surface area contributed by atoms with E-state index >= 15 is 0 Å². The van der Waals surface area contributed by atoms with Crippen molar-refractivity contribution in [2.75, 3.05) is 13.2 Å². The normalized spacial score (nSPS) is 10.9. The van der Waals surface area contributed by atoms with Gasteiger partial charge in [0.25, 0.3) is 5.56 Å². The number of hydrogen-bond donors (Lipinski definition) is 0. The second kappa shape index (κ2) is 7.48. The predicted molar refractivity (Wildman–Crippen MR) is 97.8 cm³/mol. The number of benzene rings is 1. The molecular weight excluding hydrogens is 352 g/mol. The molecule has 0 aliphatic rings. The van der Waals surface area contributed by atoms with E-state index in [2.05, 4.69) is 4.98 Å². The molecule has 0 aliphatic heterocycles. The van der Waals surface area contributed by atoms with Crippen LogP contribution in [-0.2, 0) is 30.2 Å². The second-order valence-electron chi connectivity index (χ2n) is 6.08. The molecule has 9 nitrogen and oxygen atoms in total. The third kappa shape index (κ3) is 3.62. The first kappa shape index (κ1) is 18.4. The molecule has 0 aliphatic carbocycles. The highest BCUT2D eigenvalue weighted by Gasteiger charge is 2.16. The van der Waals surface area contributed by atoms with E-state index in [-0.39, 0.29) is 30.9 Å². The molecule has 0 unspecified atom stereocenters. The number of para-hydroxylation sites is 1. The van der Waals surface area contributed by atoms with Crippen LogP contribution in [-0.4, -0.2) is 37.9 Å². The number of imidazole rings is 1. The summed E-state index contributed by atoms with van der Waals surface area (Å²) < 4.78 is 14.3. The highest BCUT2D eigenvalue weighted by Crippen LogP contribution is 2.15. The van der Waals surface area contributed by atoms with Crippen LogP contribution in [0.25, 0.3) is 11.2 Å². The highest BCUT2D eigenvalue weighted by atomic mass is 16.6. The summed E-state index contributed by atoms with van der Waals surface area (Å²) in [6.45, 7) is 2.04. The predicted octanol–water partition coefficient (Wildman–Crippen LogP) is 0.364. The van der Waals surface area contributed by atoms with Crippen LogP contribution in [0.2, 0.25) is 0 Å². The van der Waals surface area contributed by atoms with E-state index in [1.807, 2.05) is 31.2 Å². The van der Waals surface area contributed by atoms with E-state index in [9.17, 15) is 14.4 Å². The third-order valence-electron chi connectivity index (χ3n) is 4.21. The summed E-state index contributed by atoms with van der Waals surface area (Å²) in [7, 11) is 2.89. The van der Waals surface area contributed by atoms with Crippen molar-refractivity contribution in [3.63, 3.8) is 0 Å². The lowest BCUT2D eigenvalue weighted by Crippen LogP contribution is -2.37. The van der Waals surface area contributed by atoms with E-state index in [1.165, 1.54) is 29.6 Å². The Morgan fingerprint density at radius 2 is 1.85 bits per heavy atom. The second-order valence-corrected chi connectivity index (χ2v) is 6.08. The monoisotopic (exact) mass is 372 g/mol. The van der Waals surface area contributed by atoms with E-state index in [1.54, 1.807) is 0 Å². The number of esters is 1. The highest BCUT2D eigenvalue weighted by molar-refractivity contribution is 5.75. The van der Waals surface area contributed by atoms with Gasteiger partial charge in [-0.25, -0.2) is 9.78 Å². The maximum Gasteiger partial charge on any atom is 0.332 e. The number of carbonyl (C=O) groups excluding carboxylic acids is 1. The van der Waals surface area contributed by atoms with Crippen molar-refractivity contribution in [2.24, 2.45) is 14.1 Å². The average molecular weight is 372 g/mol. The molecule has 0 bridgehead atoms. The molecule has 0 fully saturated rings. The maximum absolute atomic E-state index is 12.3. The lowest BCUT2D eigenvalue weighted by Gasteiger charge is -2.10. The van der Waals surface area contributed by atoms with E-state index in [0.717, 1.165) is 15.9 Å². The molecule has 0 N–H and O–H groups in total. The molecule has 2 aromatic heterocycles. The van der Waals surface area contributed by atoms with Gasteiger partial charge in [0.1, 0.15) is 25.5 Å². The molecule has 0 saturated carbocycles. The van der Waals surface area contributed by atoms with Gasteiger partial charge in [-0.15, -0.1) is 0 Å². The van der Waals surface area contributed by atoms with Crippen LogP contribution in [0.4, 0.5) is 0 Å². The fourth-order valence-corrected chi connectivity index (χ4v) is 2.73. The minimum absolute atomic E-state index is 0.0797. The van der Waals surface area contributed by atoms with Gasteiger partial charge in [0.2, 0.25) is 0 Å². The van der Waals surface area contributed by atoms with Gasteiger partial charge in [0.15, 0.2) is 11.2 Å². The number of ether oxygens (including phenoxy) is 2. The number of rotatable bonds is 6. The number of carbonyl (C=O) groups is 1. The summed E-state index contributed by atoms with van der Waals surface area (Å²) in [6, 6.07) is 7.55. The van der Waals surface area contributed by atoms with Gasteiger partial charge >= 0.3 is 11.7 Å². The minimum Gasteiger partial charge on any atom is -0.490 e. The molecule has 27 heavy (non-hydrogen) atoms. The van der Waals surface area contributed by atoms with Crippen LogP contribution in [0.1, 0.15) is 5.56 Å².